The van der Waals surface area contributed by atoms with Gasteiger partial charge in [0.25, 0.3) is 0 Å². The predicted octanol–water partition coefficient (Wildman–Crippen LogP) is 3.16. The van der Waals surface area contributed by atoms with Crippen LogP contribution >= 0.6 is 0 Å². The lowest BCUT2D eigenvalue weighted by molar-refractivity contribution is -0.247. The van der Waals surface area contributed by atoms with Crippen molar-refractivity contribution in [1.29, 1.82) is 0 Å². The van der Waals surface area contributed by atoms with E-state index in [1.165, 1.54) is 11.1 Å². The van der Waals surface area contributed by atoms with Crippen molar-refractivity contribution in [2.75, 3.05) is 20.7 Å². The van der Waals surface area contributed by atoms with E-state index >= 15 is 0 Å². The molecular formula is C25H33NO4. The Kier molecular flexibility index (Phi) is 3.59. The average molecular weight is 412 g/mol. The number of aromatic hydroxyl groups is 1. The van der Waals surface area contributed by atoms with Gasteiger partial charge >= 0.3 is 0 Å². The number of likely N-dealkylation sites (tertiary alicyclic amines) is 1. The highest BCUT2D eigenvalue weighted by Gasteiger charge is 2.80. The molecule has 2 fully saturated rings. The number of likely N-dealkylation sites (N-methyl/N-ethyl adjacent to an activating group) is 1. The lowest BCUT2D eigenvalue weighted by Gasteiger charge is -2.72. The number of fused-ring (bicyclic) bond motifs is 1. The number of phenols is 1. The summed E-state index contributed by atoms with van der Waals surface area (Å²) in [5.74, 6) is 0.823. The molecule has 30 heavy (non-hydrogen) atoms. The Labute approximate surface area is 178 Å². The predicted molar refractivity (Wildman–Crippen MR) is 114 cm³/mol. The van der Waals surface area contributed by atoms with Crippen molar-refractivity contribution in [2.24, 2.45) is 11.3 Å². The van der Waals surface area contributed by atoms with Crippen LogP contribution in [0.3, 0.4) is 0 Å². The molecule has 2 spiro atoms. The Bertz CT molecular complexity index is 957. The summed E-state index contributed by atoms with van der Waals surface area (Å²) in [7, 11) is 4.00. The quantitative estimate of drug-likeness (QED) is 0.746. The molecule has 4 bridgehead atoms. The van der Waals surface area contributed by atoms with Crippen LogP contribution in [0.1, 0.15) is 50.7 Å². The second kappa shape index (κ2) is 5.62. The first-order valence-corrected chi connectivity index (χ1v) is 11.5. The van der Waals surface area contributed by atoms with Crippen LogP contribution in [-0.4, -0.2) is 59.2 Å². The fourth-order valence-corrected chi connectivity index (χ4v) is 8.44. The van der Waals surface area contributed by atoms with Crippen molar-refractivity contribution in [3.63, 3.8) is 0 Å². The normalized spacial score (nSPS) is 44.5. The van der Waals surface area contributed by atoms with Gasteiger partial charge in [-0.25, -0.2) is 0 Å². The van der Waals surface area contributed by atoms with Crippen LogP contribution in [0.25, 0.3) is 0 Å². The molecule has 2 aliphatic heterocycles. The van der Waals surface area contributed by atoms with Crippen molar-refractivity contribution < 1.29 is 19.7 Å². The molecule has 0 aromatic heterocycles. The van der Waals surface area contributed by atoms with Gasteiger partial charge in [-0.3, -0.25) is 0 Å². The molecule has 1 saturated carbocycles. The molecule has 2 heterocycles. The molecule has 6 aliphatic rings. The van der Waals surface area contributed by atoms with Crippen molar-refractivity contribution in [3.05, 3.63) is 35.4 Å². The molecule has 2 N–H and O–H groups in total. The number of benzene rings is 1. The largest absolute Gasteiger partial charge is 0.504 e. The van der Waals surface area contributed by atoms with Gasteiger partial charge in [0.2, 0.25) is 0 Å². The number of phenolic OH excluding ortho intramolecular Hbond substituents is 1. The Morgan fingerprint density at radius 3 is 2.87 bits per heavy atom. The minimum atomic E-state index is -0.850. The number of nitrogens with zero attached hydrogens (tertiary/aromatic N) is 1. The highest BCUT2D eigenvalue weighted by atomic mass is 16.6. The number of aliphatic hydroxyl groups is 1. The van der Waals surface area contributed by atoms with Crippen molar-refractivity contribution >= 4 is 0 Å². The lowest BCUT2D eigenvalue weighted by atomic mass is 9.36. The third-order valence-electron chi connectivity index (χ3n) is 9.58. The van der Waals surface area contributed by atoms with E-state index in [0.717, 1.165) is 38.6 Å². The molecule has 1 aromatic carbocycles. The lowest BCUT2D eigenvalue weighted by Crippen LogP contribution is -2.80. The molecule has 7 rings (SSSR count). The summed E-state index contributed by atoms with van der Waals surface area (Å²) in [5.41, 5.74) is 0.625. The summed E-state index contributed by atoms with van der Waals surface area (Å²) in [6.45, 7) is 5.11. The number of hydrogen-bond donors (Lipinski definition) is 2. The second-order valence-corrected chi connectivity index (χ2v) is 10.7. The second-order valence-electron chi connectivity index (χ2n) is 10.7. The van der Waals surface area contributed by atoms with E-state index in [1.807, 2.05) is 6.92 Å². The first kappa shape index (κ1) is 19.1. The van der Waals surface area contributed by atoms with Gasteiger partial charge in [0.15, 0.2) is 11.5 Å². The summed E-state index contributed by atoms with van der Waals surface area (Å²) < 4.78 is 13.1. The molecule has 5 heteroatoms. The van der Waals surface area contributed by atoms with Crippen LogP contribution in [0, 0.1) is 11.3 Å². The summed E-state index contributed by atoms with van der Waals surface area (Å²) >= 11 is 0. The van der Waals surface area contributed by atoms with Crippen LogP contribution in [0.15, 0.2) is 24.3 Å². The average Bonchev–Trinajstić information content (AvgIpc) is 3.09. The third kappa shape index (κ3) is 1.80. The highest BCUT2D eigenvalue weighted by Crippen LogP contribution is 2.75. The van der Waals surface area contributed by atoms with Gasteiger partial charge in [-0.1, -0.05) is 31.6 Å². The van der Waals surface area contributed by atoms with Crippen molar-refractivity contribution in [1.82, 2.24) is 4.90 Å². The standard InChI is InChI=1S/C25H33NO4/c1-5-8-22(2,28)17-14-23-9-10-25(17,29-4)21-24(23)11-12-26(3)18(23)13-15-6-7-16(27)20(30-21)19(15)24/h6-7,9-10,17-18,21,27-28H,5,8,11-14H2,1-4H3/t17-,18?,21+,22?,23?,24-,25?/m0/s1. The molecule has 7 atom stereocenters. The van der Waals surface area contributed by atoms with E-state index in [2.05, 4.69) is 37.1 Å². The van der Waals surface area contributed by atoms with Crippen LogP contribution in [0.5, 0.6) is 11.5 Å². The molecular weight excluding hydrogens is 378 g/mol. The van der Waals surface area contributed by atoms with E-state index in [9.17, 15) is 10.2 Å². The molecule has 162 valence electrons. The smallest absolute Gasteiger partial charge is 0.165 e. The first-order chi connectivity index (χ1) is 14.3. The van der Waals surface area contributed by atoms with E-state index in [-0.39, 0.29) is 28.6 Å². The SMILES string of the molecule is CCCC(C)(O)[C@@H]1CC23C=CC1(OC)[C@@H]1Oc4c(O)ccc5c4[C@@]12CCN(C)C3C5. The fourth-order valence-electron chi connectivity index (χ4n) is 8.44. The number of hydrogen-bond acceptors (Lipinski definition) is 5. The maximum absolute atomic E-state index is 11.7. The Morgan fingerprint density at radius 2 is 2.13 bits per heavy atom. The van der Waals surface area contributed by atoms with Crippen LogP contribution in [0.4, 0.5) is 0 Å². The minimum Gasteiger partial charge on any atom is -0.504 e. The van der Waals surface area contributed by atoms with Crippen LogP contribution < -0.4 is 4.74 Å². The maximum atomic E-state index is 11.7. The fraction of sp³-hybridized carbons (Fsp3) is 0.680. The summed E-state index contributed by atoms with van der Waals surface area (Å²) in [6.07, 6.45) is 8.86. The van der Waals surface area contributed by atoms with E-state index in [0.29, 0.717) is 11.8 Å². The molecule has 4 aliphatic carbocycles. The zero-order valence-corrected chi connectivity index (χ0v) is 18.4. The minimum absolute atomic E-state index is 0.0647. The monoisotopic (exact) mass is 411 g/mol. The van der Waals surface area contributed by atoms with Crippen LogP contribution in [-0.2, 0) is 16.6 Å². The number of methoxy groups -OCH3 is 1. The number of rotatable bonds is 4. The molecule has 0 radical (unpaired) electrons. The summed E-state index contributed by atoms with van der Waals surface area (Å²) in [6, 6.07) is 4.23. The van der Waals surface area contributed by atoms with Gasteiger partial charge in [-0.15, -0.1) is 0 Å². The molecule has 1 aromatic rings. The molecule has 0 amide bonds. The van der Waals surface area contributed by atoms with E-state index < -0.39 is 11.2 Å². The van der Waals surface area contributed by atoms with Crippen molar-refractivity contribution in [3.8, 4) is 11.5 Å². The van der Waals surface area contributed by atoms with E-state index in [4.69, 9.17) is 9.47 Å². The summed E-state index contributed by atoms with van der Waals surface area (Å²) in [4.78, 5) is 2.51. The van der Waals surface area contributed by atoms with E-state index in [1.54, 1.807) is 13.2 Å². The van der Waals surface area contributed by atoms with Crippen molar-refractivity contribution in [2.45, 2.75) is 74.7 Å². The summed E-state index contributed by atoms with van der Waals surface area (Å²) in [5, 5.41) is 22.4. The Morgan fingerprint density at radius 1 is 1.33 bits per heavy atom. The van der Waals surface area contributed by atoms with Gasteiger partial charge in [0, 0.05) is 30.0 Å². The topological polar surface area (TPSA) is 62.2 Å². The Balaban J connectivity index is 1.66. The number of piperidine rings is 1. The molecule has 5 nitrogen and oxygen atoms in total. The maximum Gasteiger partial charge on any atom is 0.165 e. The first-order valence-electron chi connectivity index (χ1n) is 11.5. The van der Waals surface area contributed by atoms with Gasteiger partial charge in [-0.2, -0.15) is 0 Å². The third-order valence-corrected chi connectivity index (χ3v) is 9.58. The molecule has 4 unspecified atom stereocenters. The zero-order chi connectivity index (χ0) is 21.1. The Hall–Kier alpha value is -1.56. The van der Waals surface area contributed by atoms with Crippen LogP contribution in [0.2, 0.25) is 0 Å². The highest BCUT2D eigenvalue weighted by molar-refractivity contribution is 5.65. The van der Waals surface area contributed by atoms with Gasteiger partial charge in [0.05, 0.1) is 11.0 Å². The van der Waals surface area contributed by atoms with Gasteiger partial charge in [-0.05, 0) is 57.8 Å². The number of ether oxygens (including phenoxy) is 2. The molecule has 1 saturated heterocycles. The zero-order valence-electron chi connectivity index (χ0n) is 18.4. The van der Waals surface area contributed by atoms with Gasteiger partial charge in [0.1, 0.15) is 11.7 Å². The van der Waals surface area contributed by atoms with Gasteiger partial charge < -0.3 is 24.6 Å².